The molecule has 1 fully saturated rings. The average Bonchev–Trinajstić information content (AvgIpc) is 2.61. The molecule has 3 rings (SSSR count). The smallest absolute Gasteiger partial charge is 0.220 e. The summed E-state index contributed by atoms with van der Waals surface area (Å²) in [5.74, 6) is 0.713. The van der Waals surface area contributed by atoms with Crippen molar-refractivity contribution in [1.82, 2.24) is 9.97 Å². The second-order valence-electron chi connectivity index (χ2n) is 5.86. The zero-order valence-corrected chi connectivity index (χ0v) is 14.0. The number of hydrogen-bond acceptors (Lipinski definition) is 5. The van der Waals surface area contributed by atoms with E-state index in [9.17, 15) is 4.79 Å². The first-order valence-electron chi connectivity index (χ1n) is 7.96. The van der Waals surface area contributed by atoms with E-state index in [1.807, 2.05) is 18.2 Å². The number of carbonyl (C=O) groups excluding carboxylic acids is 1. The molecule has 1 amide bonds. The Labute approximate surface area is 146 Å². The third-order valence-electron chi connectivity index (χ3n) is 4.31. The summed E-state index contributed by atoms with van der Waals surface area (Å²) in [6, 6.07) is 5.81. The number of piperidine rings is 1. The van der Waals surface area contributed by atoms with Crippen LogP contribution in [0.4, 0.5) is 11.5 Å². The molecule has 0 spiro atoms. The molecule has 0 unspecified atom stereocenters. The van der Waals surface area contributed by atoms with Crippen LogP contribution in [0.2, 0.25) is 5.02 Å². The van der Waals surface area contributed by atoms with Gasteiger partial charge in [0.2, 0.25) is 5.91 Å². The van der Waals surface area contributed by atoms with Gasteiger partial charge >= 0.3 is 0 Å². The highest BCUT2D eigenvalue weighted by atomic mass is 35.5. The van der Waals surface area contributed by atoms with Crippen molar-refractivity contribution in [2.24, 2.45) is 11.7 Å². The van der Waals surface area contributed by atoms with Crippen LogP contribution in [-0.4, -0.2) is 29.0 Å². The third kappa shape index (κ3) is 3.76. The molecule has 3 heterocycles. The second kappa shape index (κ2) is 7.49. The SMILES string of the molecule is NC(=O)C1CCN(c2ncccc2CNc2ccncc2Cl)CC1. The van der Waals surface area contributed by atoms with Gasteiger partial charge in [0.15, 0.2) is 0 Å². The van der Waals surface area contributed by atoms with Crippen LogP contribution >= 0.6 is 11.6 Å². The normalized spacial score (nSPS) is 15.3. The predicted molar refractivity (Wildman–Crippen MR) is 94.9 cm³/mol. The molecule has 0 bridgehead atoms. The van der Waals surface area contributed by atoms with Crippen molar-refractivity contribution in [2.45, 2.75) is 19.4 Å². The Morgan fingerprint density at radius 1 is 1.33 bits per heavy atom. The Bertz CT molecular complexity index is 716. The Morgan fingerprint density at radius 2 is 2.12 bits per heavy atom. The van der Waals surface area contributed by atoms with Gasteiger partial charge in [0.05, 0.1) is 10.7 Å². The number of nitrogens with two attached hydrogens (primary N) is 1. The average molecular weight is 346 g/mol. The van der Waals surface area contributed by atoms with Crippen molar-refractivity contribution in [3.8, 4) is 0 Å². The first-order chi connectivity index (χ1) is 11.6. The van der Waals surface area contributed by atoms with Crippen LogP contribution in [-0.2, 0) is 11.3 Å². The number of anilines is 2. The molecule has 7 heteroatoms. The van der Waals surface area contributed by atoms with Crippen molar-refractivity contribution in [3.05, 3.63) is 47.4 Å². The number of nitrogens with zero attached hydrogens (tertiary/aromatic N) is 3. The number of primary amides is 1. The Morgan fingerprint density at radius 3 is 2.83 bits per heavy atom. The van der Waals surface area contributed by atoms with Gasteiger partial charge in [-0.05, 0) is 25.0 Å². The van der Waals surface area contributed by atoms with Gasteiger partial charge in [0.1, 0.15) is 5.82 Å². The van der Waals surface area contributed by atoms with Crippen LogP contribution in [0.1, 0.15) is 18.4 Å². The van der Waals surface area contributed by atoms with Gasteiger partial charge in [-0.15, -0.1) is 0 Å². The molecule has 0 atom stereocenters. The summed E-state index contributed by atoms with van der Waals surface area (Å²) in [5, 5.41) is 3.91. The van der Waals surface area contributed by atoms with Crippen molar-refractivity contribution in [1.29, 1.82) is 0 Å². The maximum Gasteiger partial charge on any atom is 0.220 e. The van der Waals surface area contributed by atoms with Gasteiger partial charge in [-0.2, -0.15) is 0 Å². The van der Waals surface area contributed by atoms with Crippen molar-refractivity contribution < 1.29 is 4.79 Å². The minimum atomic E-state index is -0.204. The quantitative estimate of drug-likeness (QED) is 0.869. The van der Waals surface area contributed by atoms with E-state index in [0.717, 1.165) is 43.0 Å². The minimum Gasteiger partial charge on any atom is -0.380 e. The van der Waals surface area contributed by atoms with E-state index in [0.29, 0.717) is 11.6 Å². The molecular formula is C17H20ClN5O. The van der Waals surface area contributed by atoms with E-state index < -0.39 is 0 Å². The standard InChI is InChI=1S/C17H20ClN5O/c18-14-11-20-7-3-15(14)22-10-13-2-1-6-21-17(13)23-8-4-12(5-9-23)16(19)24/h1-3,6-7,11-12H,4-5,8-10H2,(H2,19,24)(H,20,22). The minimum absolute atomic E-state index is 0.0258. The molecule has 3 N–H and O–H groups in total. The maximum absolute atomic E-state index is 11.3. The monoisotopic (exact) mass is 345 g/mol. The van der Waals surface area contributed by atoms with Crippen molar-refractivity contribution in [3.63, 3.8) is 0 Å². The van der Waals surface area contributed by atoms with E-state index in [-0.39, 0.29) is 11.8 Å². The number of pyridine rings is 2. The highest BCUT2D eigenvalue weighted by Crippen LogP contribution is 2.26. The van der Waals surface area contributed by atoms with Gasteiger partial charge in [-0.3, -0.25) is 9.78 Å². The van der Waals surface area contributed by atoms with E-state index in [2.05, 4.69) is 20.2 Å². The third-order valence-corrected chi connectivity index (χ3v) is 4.61. The molecule has 6 nitrogen and oxygen atoms in total. The zero-order valence-electron chi connectivity index (χ0n) is 13.3. The molecule has 0 radical (unpaired) electrons. The summed E-state index contributed by atoms with van der Waals surface area (Å²) in [5.41, 5.74) is 7.33. The van der Waals surface area contributed by atoms with Crippen molar-refractivity contribution in [2.75, 3.05) is 23.3 Å². The van der Waals surface area contributed by atoms with E-state index >= 15 is 0 Å². The number of halogens is 1. The van der Waals surface area contributed by atoms with Crippen molar-refractivity contribution >= 4 is 29.0 Å². The lowest BCUT2D eigenvalue weighted by Gasteiger charge is -2.32. The van der Waals surface area contributed by atoms with Crippen LogP contribution in [0.15, 0.2) is 36.8 Å². The lowest BCUT2D eigenvalue weighted by atomic mass is 9.96. The highest BCUT2D eigenvalue weighted by molar-refractivity contribution is 6.33. The highest BCUT2D eigenvalue weighted by Gasteiger charge is 2.24. The fourth-order valence-corrected chi connectivity index (χ4v) is 3.12. The molecular weight excluding hydrogens is 326 g/mol. The van der Waals surface area contributed by atoms with Gasteiger partial charge < -0.3 is 16.0 Å². The number of amides is 1. The second-order valence-corrected chi connectivity index (χ2v) is 6.27. The van der Waals surface area contributed by atoms with Gasteiger partial charge in [0, 0.05) is 49.7 Å². The van der Waals surface area contributed by atoms with Gasteiger partial charge in [-0.25, -0.2) is 4.98 Å². The molecule has 0 aliphatic carbocycles. The maximum atomic E-state index is 11.3. The Hall–Kier alpha value is -2.34. The molecule has 0 saturated carbocycles. The molecule has 1 aliphatic rings. The molecule has 0 aromatic carbocycles. The fraction of sp³-hybridized carbons (Fsp3) is 0.353. The lowest BCUT2D eigenvalue weighted by molar-refractivity contribution is -0.122. The van der Waals surface area contributed by atoms with Crippen LogP contribution in [0.5, 0.6) is 0 Å². The number of aromatic nitrogens is 2. The Kier molecular flexibility index (Phi) is 5.15. The van der Waals surface area contributed by atoms with Crippen LogP contribution in [0.3, 0.4) is 0 Å². The van der Waals surface area contributed by atoms with Crippen LogP contribution in [0.25, 0.3) is 0 Å². The molecule has 24 heavy (non-hydrogen) atoms. The summed E-state index contributed by atoms with van der Waals surface area (Å²) < 4.78 is 0. The summed E-state index contributed by atoms with van der Waals surface area (Å²) >= 11 is 6.13. The fourth-order valence-electron chi connectivity index (χ4n) is 2.94. The first-order valence-corrected chi connectivity index (χ1v) is 8.34. The van der Waals surface area contributed by atoms with Crippen LogP contribution in [0, 0.1) is 5.92 Å². The number of rotatable bonds is 5. The Balaban J connectivity index is 1.70. The number of hydrogen-bond donors (Lipinski definition) is 2. The van der Waals surface area contributed by atoms with E-state index in [1.54, 1.807) is 18.6 Å². The molecule has 1 aliphatic heterocycles. The largest absolute Gasteiger partial charge is 0.380 e. The lowest BCUT2D eigenvalue weighted by Crippen LogP contribution is -2.39. The molecule has 2 aromatic rings. The van der Waals surface area contributed by atoms with Gasteiger partial charge in [0.25, 0.3) is 0 Å². The molecule has 1 saturated heterocycles. The first kappa shape index (κ1) is 16.5. The summed E-state index contributed by atoms with van der Waals surface area (Å²) in [6.45, 7) is 2.18. The predicted octanol–water partition coefficient (Wildman–Crippen LogP) is 2.44. The topological polar surface area (TPSA) is 84.1 Å². The molecule has 126 valence electrons. The van der Waals surface area contributed by atoms with Crippen LogP contribution < -0.4 is 16.0 Å². The number of carbonyl (C=O) groups is 1. The molecule has 2 aromatic heterocycles. The summed E-state index contributed by atoms with van der Waals surface area (Å²) in [6.07, 6.45) is 6.65. The summed E-state index contributed by atoms with van der Waals surface area (Å²) in [7, 11) is 0. The van der Waals surface area contributed by atoms with E-state index in [4.69, 9.17) is 17.3 Å². The summed E-state index contributed by atoms with van der Waals surface area (Å²) in [4.78, 5) is 22.0. The van der Waals surface area contributed by atoms with E-state index in [1.165, 1.54) is 0 Å². The zero-order chi connectivity index (χ0) is 16.9. The van der Waals surface area contributed by atoms with Gasteiger partial charge in [-0.1, -0.05) is 17.7 Å². The number of nitrogens with one attached hydrogen (secondary N) is 1.